The van der Waals surface area contributed by atoms with Crippen LogP contribution in [-0.2, 0) is 4.79 Å². The van der Waals surface area contributed by atoms with E-state index in [9.17, 15) is 14.9 Å². The Kier molecular flexibility index (Phi) is 6.25. The first kappa shape index (κ1) is 22.7. The highest BCUT2D eigenvalue weighted by Crippen LogP contribution is 2.32. The number of azo groups is 1. The van der Waals surface area contributed by atoms with E-state index in [1.54, 1.807) is 24.3 Å². The summed E-state index contributed by atoms with van der Waals surface area (Å²) in [5.74, 6) is -0.409. The average molecular weight is 547 g/mol. The van der Waals surface area contributed by atoms with Crippen LogP contribution in [0.25, 0.3) is 11.3 Å². The molecule has 0 aliphatic carbocycles. The summed E-state index contributed by atoms with van der Waals surface area (Å²) in [6, 6.07) is 21.6. The second-order valence-electron chi connectivity index (χ2n) is 7.42. The molecule has 0 spiro atoms. The number of amides is 1. The molecule has 2 heterocycles. The molecule has 9 nitrogen and oxygen atoms in total. The number of benzene rings is 3. The number of hydrazone groups is 1. The minimum absolute atomic E-state index is 0.0593. The van der Waals surface area contributed by atoms with Gasteiger partial charge in [-0.2, -0.15) is 20.3 Å². The Morgan fingerprint density at radius 1 is 0.971 bits per heavy atom. The van der Waals surface area contributed by atoms with Crippen molar-refractivity contribution in [3.63, 3.8) is 0 Å². The van der Waals surface area contributed by atoms with Gasteiger partial charge in [0.2, 0.25) is 5.13 Å². The van der Waals surface area contributed by atoms with Gasteiger partial charge in [0.15, 0.2) is 6.04 Å². The number of anilines is 1. The lowest BCUT2D eigenvalue weighted by Gasteiger charge is -2.08. The summed E-state index contributed by atoms with van der Waals surface area (Å²) in [7, 11) is 0. The fraction of sp³-hybridized carbons (Fsp3) is 0.0417. The van der Waals surface area contributed by atoms with Gasteiger partial charge >= 0.3 is 0 Å². The molecule has 1 atom stereocenters. The van der Waals surface area contributed by atoms with Crippen molar-refractivity contribution in [2.45, 2.75) is 6.04 Å². The summed E-state index contributed by atoms with van der Waals surface area (Å²) in [6.45, 7) is 0. The van der Waals surface area contributed by atoms with E-state index in [-0.39, 0.29) is 5.69 Å². The third-order valence-corrected chi connectivity index (χ3v) is 6.49. The van der Waals surface area contributed by atoms with Crippen molar-refractivity contribution in [3.05, 3.63) is 104 Å². The molecule has 1 aliphatic rings. The van der Waals surface area contributed by atoms with Gasteiger partial charge in [-0.1, -0.05) is 46.3 Å². The van der Waals surface area contributed by atoms with Gasteiger partial charge in [0, 0.05) is 33.1 Å². The lowest BCUT2D eigenvalue weighted by Crippen LogP contribution is -2.30. The van der Waals surface area contributed by atoms with Gasteiger partial charge < -0.3 is 0 Å². The summed E-state index contributed by atoms with van der Waals surface area (Å²) in [6.07, 6.45) is 0. The molecule has 0 bridgehead atoms. The predicted octanol–water partition coefficient (Wildman–Crippen LogP) is 6.38. The topological polar surface area (TPSA) is 113 Å². The van der Waals surface area contributed by atoms with E-state index in [1.165, 1.54) is 28.5 Å². The molecule has 35 heavy (non-hydrogen) atoms. The van der Waals surface area contributed by atoms with Crippen LogP contribution in [0.2, 0.25) is 0 Å². The van der Waals surface area contributed by atoms with Crippen LogP contribution in [0.4, 0.5) is 16.5 Å². The first-order valence-corrected chi connectivity index (χ1v) is 12.0. The Hall–Kier alpha value is -4.09. The first-order chi connectivity index (χ1) is 17.0. The maximum absolute atomic E-state index is 13.4. The zero-order chi connectivity index (χ0) is 24.4. The van der Waals surface area contributed by atoms with Crippen molar-refractivity contribution < 1.29 is 9.72 Å². The van der Waals surface area contributed by atoms with Gasteiger partial charge in [-0.3, -0.25) is 14.9 Å². The van der Waals surface area contributed by atoms with Crippen LogP contribution in [0.15, 0.2) is 104 Å². The molecule has 4 aromatic rings. The number of nitro benzene ring substituents is 1. The third kappa shape index (κ3) is 4.77. The maximum atomic E-state index is 13.4. The predicted molar refractivity (Wildman–Crippen MR) is 137 cm³/mol. The van der Waals surface area contributed by atoms with Crippen LogP contribution in [0.5, 0.6) is 0 Å². The summed E-state index contributed by atoms with van der Waals surface area (Å²) in [5, 5.41) is 27.6. The van der Waals surface area contributed by atoms with Crippen LogP contribution in [0.3, 0.4) is 0 Å². The fourth-order valence-corrected chi connectivity index (χ4v) is 4.44. The first-order valence-electron chi connectivity index (χ1n) is 10.3. The highest BCUT2D eigenvalue weighted by molar-refractivity contribution is 9.10. The van der Waals surface area contributed by atoms with E-state index in [4.69, 9.17) is 0 Å². The number of carbonyl (C=O) groups is 1. The Bertz CT molecular complexity index is 1450. The molecule has 1 aliphatic heterocycles. The number of nitro groups is 1. The standard InChI is InChI=1S/C24H15BrN6O3S/c25-17-8-10-18(11-9-17)27-28-22-21(16-6-12-19(13-7-16)31(33)34)29-30(23(22)32)24-26-20(14-35-24)15-4-2-1-3-5-15/h1-14,22H. The van der Waals surface area contributed by atoms with Crippen molar-refractivity contribution in [3.8, 4) is 11.3 Å². The summed E-state index contributed by atoms with van der Waals surface area (Å²) in [4.78, 5) is 28.6. The summed E-state index contributed by atoms with van der Waals surface area (Å²) < 4.78 is 0.894. The normalized spacial score (nSPS) is 15.6. The Morgan fingerprint density at radius 2 is 1.69 bits per heavy atom. The highest BCUT2D eigenvalue weighted by atomic mass is 79.9. The molecular weight excluding hydrogens is 532 g/mol. The average Bonchev–Trinajstić information content (AvgIpc) is 3.49. The minimum atomic E-state index is -1.02. The molecule has 0 saturated carbocycles. The maximum Gasteiger partial charge on any atom is 0.282 e. The van der Waals surface area contributed by atoms with Gasteiger partial charge in [-0.15, -0.1) is 11.3 Å². The van der Waals surface area contributed by atoms with Crippen LogP contribution in [0, 0.1) is 10.1 Å². The van der Waals surface area contributed by atoms with Gasteiger partial charge in [0.05, 0.1) is 16.3 Å². The fourth-order valence-electron chi connectivity index (χ4n) is 3.39. The van der Waals surface area contributed by atoms with Crippen molar-refractivity contribution >= 4 is 55.4 Å². The molecule has 11 heteroatoms. The molecule has 0 saturated heterocycles. The number of rotatable bonds is 6. The zero-order valence-corrected chi connectivity index (χ0v) is 20.3. The van der Waals surface area contributed by atoms with Crippen molar-refractivity contribution in [2.75, 3.05) is 5.01 Å². The number of thiazole rings is 1. The van der Waals surface area contributed by atoms with E-state index < -0.39 is 16.9 Å². The second-order valence-corrected chi connectivity index (χ2v) is 9.17. The number of halogens is 1. The Morgan fingerprint density at radius 3 is 2.37 bits per heavy atom. The number of non-ortho nitro benzene ring substituents is 1. The highest BCUT2D eigenvalue weighted by Gasteiger charge is 2.39. The van der Waals surface area contributed by atoms with Crippen molar-refractivity contribution in [1.29, 1.82) is 0 Å². The lowest BCUT2D eigenvalue weighted by atomic mass is 10.0. The smallest absolute Gasteiger partial charge is 0.269 e. The van der Waals surface area contributed by atoms with Gasteiger partial charge in [-0.25, -0.2) is 4.98 Å². The molecular formula is C24H15BrN6O3S. The summed E-state index contributed by atoms with van der Waals surface area (Å²) in [5.41, 5.74) is 3.03. The summed E-state index contributed by atoms with van der Waals surface area (Å²) >= 11 is 4.66. The Labute approximate surface area is 211 Å². The monoisotopic (exact) mass is 546 g/mol. The molecule has 1 aromatic heterocycles. The van der Waals surface area contributed by atoms with E-state index in [0.717, 1.165) is 15.7 Å². The van der Waals surface area contributed by atoms with Crippen LogP contribution >= 0.6 is 27.3 Å². The molecule has 5 rings (SSSR count). The number of nitrogens with zero attached hydrogens (tertiary/aromatic N) is 6. The molecule has 1 unspecified atom stereocenters. The Balaban J connectivity index is 1.51. The molecule has 1 amide bonds. The third-order valence-electron chi connectivity index (χ3n) is 5.14. The van der Waals surface area contributed by atoms with Crippen LogP contribution < -0.4 is 5.01 Å². The molecule has 0 N–H and O–H groups in total. The van der Waals surface area contributed by atoms with Gasteiger partial charge in [0.1, 0.15) is 5.71 Å². The minimum Gasteiger partial charge on any atom is -0.269 e. The van der Waals surface area contributed by atoms with Crippen molar-refractivity contribution in [2.24, 2.45) is 15.3 Å². The number of aromatic nitrogens is 1. The van der Waals surface area contributed by atoms with Crippen LogP contribution in [0.1, 0.15) is 5.56 Å². The number of hydrogen-bond acceptors (Lipinski definition) is 8. The quantitative estimate of drug-likeness (QED) is 0.158. The van der Waals surface area contributed by atoms with E-state index in [2.05, 4.69) is 36.2 Å². The van der Waals surface area contributed by atoms with Crippen molar-refractivity contribution in [1.82, 2.24) is 4.98 Å². The van der Waals surface area contributed by atoms with Gasteiger partial charge in [-0.05, 0) is 36.4 Å². The second kappa shape index (κ2) is 9.65. The lowest BCUT2D eigenvalue weighted by molar-refractivity contribution is -0.384. The largest absolute Gasteiger partial charge is 0.282 e. The molecule has 0 radical (unpaired) electrons. The van der Waals surface area contributed by atoms with E-state index >= 15 is 0 Å². The zero-order valence-electron chi connectivity index (χ0n) is 17.9. The molecule has 0 fully saturated rings. The molecule has 3 aromatic carbocycles. The van der Waals surface area contributed by atoms with Crippen LogP contribution in [-0.4, -0.2) is 27.6 Å². The van der Waals surface area contributed by atoms with E-state index in [0.29, 0.717) is 22.1 Å². The van der Waals surface area contributed by atoms with E-state index in [1.807, 2.05) is 47.8 Å². The SMILES string of the molecule is O=C1C(N=Nc2ccc(Br)cc2)C(c2ccc([N+](=O)[O-])cc2)=NN1c1nc(-c2ccccc2)cs1. The number of hydrogen-bond donors (Lipinski definition) is 0. The van der Waals surface area contributed by atoms with Gasteiger partial charge in [0.25, 0.3) is 11.6 Å². The molecule has 172 valence electrons. The number of carbonyl (C=O) groups excluding carboxylic acids is 1.